The molecule has 0 saturated heterocycles. The summed E-state index contributed by atoms with van der Waals surface area (Å²) >= 11 is 0. The van der Waals surface area contributed by atoms with Gasteiger partial charge in [0.1, 0.15) is 18.2 Å². The number of alkyl halides is 5. The molecule has 2 N–H and O–H groups in total. The van der Waals surface area contributed by atoms with Gasteiger partial charge in [-0.25, -0.2) is 13.8 Å². The Morgan fingerprint density at radius 1 is 1.00 bits per heavy atom. The number of aromatic nitrogens is 2. The lowest BCUT2D eigenvalue weighted by Crippen LogP contribution is -2.54. The van der Waals surface area contributed by atoms with Crippen molar-refractivity contribution in [3.05, 3.63) is 83.2 Å². The van der Waals surface area contributed by atoms with Gasteiger partial charge in [-0.2, -0.15) is 13.2 Å². The summed E-state index contributed by atoms with van der Waals surface area (Å²) in [5.41, 5.74) is -1.20. The summed E-state index contributed by atoms with van der Waals surface area (Å²) in [6.07, 6.45) is -5.64. The van der Waals surface area contributed by atoms with Crippen LogP contribution in [0, 0.1) is 6.92 Å². The number of H-pyrrole nitrogens is 1. The fraction of sp³-hybridized carbons (Fsp3) is 0.286. The van der Waals surface area contributed by atoms with Crippen molar-refractivity contribution in [1.82, 2.24) is 14.9 Å². The Kier molecular flexibility index (Phi) is 6.37. The van der Waals surface area contributed by atoms with Crippen LogP contribution in [-0.2, 0) is 12.1 Å². The average Bonchev–Trinajstić information content (AvgIpc) is 3.12. The molecule has 1 unspecified atom stereocenters. The summed E-state index contributed by atoms with van der Waals surface area (Å²) in [7, 11) is 0. The molecule has 2 heterocycles. The lowest BCUT2D eigenvalue weighted by Gasteiger charge is -2.35. The SMILES string of the molecule is Cc1nc2ccc(-c3ccc4c(c3)CN(C(=O)c3ccc(C(O)(C(C)(F)F)C(F)(F)F)cc3)CCO4)cc2[nH]1. The smallest absolute Gasteiger partial charge is 0.427 e. The second kappa shape index (κ2) is 9.33. The zero-order valence-corrected chi connectivity index (χ0v) is 20.9. The fourth-order valence-corrected chi connectivity index (χ4v) is 4.77. The average molecular weight is 546 g/mol. The van der Waals surface area contributed by atoms with Gasteiger partial charge < -0.3 is 19.7 Å². The minimum atomic E-state index is -5.64. The molecule has 0 fully saturated rings. The van der Waals surface area contributed by atoms with Gasteiger partial charge in [-0.3, -0.25) is 4.79 Å². The molecule has 0 spiro atoms. The number of nitrogens with one attached hydrogen (secondary N) is 1. The molecule has 0 radical (unpaired) electrons. The summed E-state index contributed by atoms with van der Waals surface area (Å²) in [4.78, 5) is 22.3. The Balaban J connectivity index is 1.41. The van der Waals surface area contributed by atoms with Gasteiger partial charge in [0.15, 0.2) is 0 Å². The number of carbonyl (C=O) groups is 1. The number of aliphatic hydroxyl groups is 1. The number of hydrogen-bond donors (Lipinski definition) is 2. The first-order valence-corrected chi connectivity index (χ1v) is 12.1. The molecule has 5 rings (SSSR count). The van der Waals surface area contributed by atoms with E-state index in [0.29, 0.717) is 17.9 Å². The van der Waals surface area contributed by atoms with Crippen LogP contribution in [0.15, 0.2) is 60.7 Å². The van der Waals surface area contributed by atoms with E-state index in [0.717, 1.165) is 45.7 Å². The van der Waals surface area contributed by atoms with E-state index in [9.17, 15) is 31.9 Å². The van der Waals surface area contributed by atoms with Gasteiger partial charge in [-0.1, -0.05) is 24.3 Å². The van der Waals surface area contributed by atoms with Crippen molar-refractivity contribution in [2.45, 2.75) is 38.1 Å². The summed E-state index contributed by atoms with van der Waals surface area (Å²) in [5.74, 6) is -3.63. The normalized spacial score (nSPS) is 15.8. The molecule has 6 nitrogen and oxygen atoms in total. The molecule has 3 aromatic carbocycles. The molecule has 0 saturated carbocycles. The molecule has 11 heteroatoms. The number of rotatable bonds is 4. The molecule has 39 heavy (non-hydrogen) atoms. The zero-order valence-electron chi connectivity index (χ0n) is 20.9. The Hall–Kier alpha value is -3.99. The lowest BCUT2D eigenvalue weighted by atomic mass is 9.86. The number of imidazole rings is 1. The van der Waals surface area contributed by atoms with Crippen LogP contribution in [0.4, 0.5) is 22.0 Å². The number of nitrogens with zero attached hydrogens (tertiary/aromatic N) is 2. The highest BCUT2D eigenvalue weighted by Crippen LogP contribution is 2.49. The monoisotopic (exact) mass is 545 g/mol. The van der Waals surface area contributed by atoms with Gasteiger partial charge in [-0.15, -0.1) is 0 Å². The number of carbonyl (C=O) groups excluding carboxylic acids is 1. The van der Waals surface area contributed by atoms with Crippen molar-refractivity contribution < 1.29 is 36.6 Å². The Bertz CT molecular complexity index is 1530. The summed E-state index contributed by atoms with van der Waals surface area (Å²) in [6, 6.07) is 14.9. The van der Waals surface area contributed by atoms with E-state index < -0.39 is 29.2 Å². The highest BCUT2D eigenvalue weighted by atomic mass is 19.4. The minimum Gasteiger partial charge on any atom is -0.491 e. The number of fused-ring (bicyclic) bond motifs is 2. The van der Waals surface area contributed by atoms with Crippen molar-refractivity contribution in [2.75, 3.05) is 13.2 Å². The summed E-state index contributed by atoms with van der Waals surface area (Å²) < 4.78 is 73.8. The molecule has 4 aromatic rings. The first kappa shape index (κ1) is 26.6. The van der Waals surface area contributed by atoms with Crippen LogP contribution >= 0.6 is 0 Å². The van der Waals surface area contributed by atoms with E-state index in [1.807, 2.05) is 43.3 Å². The zero-order chi connectivity index (χ0) is 28.2. The quantitative estimate of drug-likeness (QED) is 0.310. The van der Waals surface area contributed by atoms with Gasteiger partial charge in [-0.05, 0) is 60.0 Å². The molecular weight excluding hydrogens is 521 g/mol. The van der Waals surface area contributed by atoms with E-state index in [2.05, 4.69) is 9.97 Å². The predicted molar refractivity (Wildman–Crippen MR) is 134 cm³/mol. The molecule has 1 aliphatic rings. The van der Waals surface area contributed by atoms with E-state index in [4.69, 9.17) is 4.74 Å². The topological polar surface area (TPSA) is 78.5 Å². The fourth-order valence-electron chi connectivity index (χ4n) is 4.77. The maximum absolute atomic E-state index is 13.9. The van der Waals surface area contributed by atoms with Crippen molar-refractivity contribution in [2.24, 2.45) is 0 Å². The van der Waals surface area contributed by atoms with E-state index in [1.54, 1.807) is 0 Å². The molecule has 0 bridgehead atoms. The molecule has 1 amide bonds. The van der Waals surface area contributed by atoms with Gasteiger partial charge in [0.2, 0.25) is 5.60 Å². The van der Waals surface area contributed by atoms with Crippen molar-refractivity contribution in [1.29, 1.82) is 0 Å². The number of aryl methyl sites for hydroxylation is 1. The van der Waals surface area contributed by atoms with Crippen molar-refractivity contribution >= 4 is 16.9 Å². The largest absolute Gasteiger partial charge is 0.491 e. The molecule has 1 aromatic heterocycles. The highest BCUT2D eigenvalue weighted by Gasteiger charge is 2.67. The number of aromatic amines is 1. The number of hydrogen-bond acceptors (Lipinski definition) is 4. The Morgan fingerprint density at radius 2 is 1.67 bits per heavy atom. The maximum Gasteiger partial charge on any atom is 0.427 e. The third kappa shape index (κ3) is 4.71. The van der Waals surface area contributed by atoms with Crippen LogP contribution in [-0.4, -0.2) is 51.1 Å². The number of halogens is 5. The molecule has 1 atom stereocenters. The highest BCUT2D eigenvalue weighted by molar-refractivity contribution is 5.94. The molecule has 0 aliphatic carbocycles. The van der Waals surface area contributed by atoms with Gasteiger partial charge in [0.05, 0.1) is 17.6 Å². The van der Waals surface area contributed by atoms with Crippen molar-refractivity contribution in [3.8, 4) is 16.9 Å². The third-order valence-electron chi connectivity index (χ3n) is 6.86. The molecule has 204 valence electrons. The van der Waals surface area contributed by atoms with E-state index in [1.165, 1.54) is 4.90 Å². The number of benzene rings is 3. The standard InChI is InChI=1S/C28H24F5N3O3/c1-16-34-22-9-5-19(14-23(22)35-16)18-6-10-24-20(13-18)15-36(11-12-39-24)25(37)17-3-7-21(8-4-17)27(38,26(2,29)30)28(31,32)33/h3-10,13-14,38H,11-12,15H2,1-2H3,(H,34,35). The van der Waals surface area contributed by atoms with Crippen LogP contribution in [0.1, 0.15) is 34.2 Å². The van der Waals surface area contributed by atoms with Gasteiger partial charge >= 0.3 is 6.18 Å². The Labute approximate surface area is 220 Å². The van der Waals surface area contributed by atoms with Gasteiger partial charge in [0.25, 0.3) is 11.8 Å². The second-order valence-corrected chi connectivity index (χ2v) is 9.63. The first-order chi connectivity index (χ1) is 18.3. The summed E-state index contributed by atoms with van der Waals surface area (Å²) in [6.45, 7) is 2.41. The van der Waals surface area contributed by atoms with Crippen molar-refractivity contribution in [3.63, 3.8) is 0 Å². The van der Waals surface area contributed by atoms with Crippen LogP contribution in [0.3, 0.4) is 0 Å². The third-order valence-corrected chi connectivity index (χ3v) is 6.86. The minimum absolute atomic E-state index is 0.00338. The first-order valence-electron chi connectivity index (χ1n) is 12.1. The van der Waals surface area contributed by atoms with E-state index in [-0.39, 0.29) is 32.2 Å². The van der Waals surface area contributed by atoms with Crippen LogP contribution in [0.5, 0.6) is 5.75 Å². The number of ether oxygens (including phenoxy) is 1. The second-order valence-electron chi connectivity index (χ2n) is 9.63. The summed E-state index contributed by atoms with van der Waals surface area (Å²) in [5, 5.41) is 9.97. The Morgan fingerprint density at radius 3 is 2.33 bits per heavy atom. The molecule has 1 aliphatic heterocycles. The molecular formula is C28H24F5N3O3. The van der Waals surface area contributed by atoms with Crippen LogP contribution in [0.25, 0.3) is 22.2 Å². The van der Waals surface area contributed by atoms with E-state index >= 15 is 0 Å². The lowest BCUT2D eigenvalue weighted by molar-refractivity contribution is -0.335. The maximum atomic E-state index is 13.9. The predicted octanol–water partition coefficient (Wildman–Crippen LogP) is 5.98. The van der Waals surface area contributed by atoms with Crippen LogP contribution < -0.4 is 4.74 Å². The van der Waals surface area contributed by atoms with Gasteiger partial charge in [0, 0.05) is 24.6 Å². The van der Waals surface area contributed by atoms with Crippen LogP contribution in [0.2, 0.25) is 0 Å². The number of amides is 1.